The second-order valence-corrected chi connectivity index (χ2v) is 4.02. The molecule has 2 heteroatoms. The molecule has 0 unspecified atom stereocenters. The van der Waals surface area contributed by atoms with Gasteiger partial charge in [-0.25, -0.2) is 0 Å². The van der Waals surface area contributed by atoms with Gasteiger partial charge in [-0.2, -0.15) is 0 Å². The van der Waals surface area contributed by atoms with Crippen LogP contribution in [0.25, 0.3) is 0 Å². The molecule has 0 atom stereocenters. The zero-order valence-corrected chi connectivity index (χ0v) is 7.40. The summed E-state index contributed by atoms with van der Waals surface area (Å²) in [5, 5.41) is 0. The lowest BCUT2D eigenvalue weighted by Crippen LogP contribution is -3.00. The third kappa shape index (κ3) is 1.30. The molecule has 0 radical (unpaired) electrons. The van der Waals surface area contributed by atoms with E-state index in [-0.39, 0.29) is 12.4 Å². The van der Waals surface area contributed by atoms with E-state index in [4.69, 9.17) is 0 Å². The SMILES string of the molecule is C[N+]12CCC(CC1)CC2.[Cl-]. The van der Waals surface area contributed by atoms with Gasteiger partial charge in [-0.1, -0.05) is 0 Å². The summed E-state index contributed by atoms with van der Waals surface area (Å²) >= 11 is 0. The molecule has 10 heavy (non-hydrogen) atoms. The molecule has 0 aromatic carbocycles. The standard InChI is InChI=1S/C8H16N.ClH/c1-9-5-2-8(3-6-9)4-7-9;/h8H,2-7H2,1H3;1H/q+1;/p-1. The van der Waals surface area contributed by atoms with Gasteiger partial charge in [0.15, 0.2) is 0 Å². The lowest BCUT2D eigenvalue weighted by molar-refractivity contribution is -0.924. The van der Waals surface area contributed by atoms with Crippen LogP contribution in [0.4, 0.5) is 0 Å². The number of quaternary nitrogens is 1. The maximum absolute atomic E-state index is 2.41. The minimum absolute atomic E-state index is 0. The van der Waals surface area contributed by atoms with E-state index in [1.54, 1.807) is 0 Å². The molecule has 3 fully saturated rings. The summed E-state index contributed by atoms with van der Waals surface area (Å²) < 4.78 is 1.39. The molecule has 60 valence electrons. The van der Waals surface area contributed by atoms with E-state index in [1.165, 1.54) is 43.4 Å². The van der Waals surface area contributed by atoms with Crippen molar-refractivity contribution in [3.63, 3.8) is 0 Å². The van der Waals surface area contributed by atoms with Crippen molar-refractivity contribution in [3.8, 4) is 0 Å². The van der Waals surface area contributed by atoms with Crippen molar-refractivity contribution >= 4 is 0 Å². The van der Waals surface area contributed by atoms with E-state index >= 15 is 0 Å². The first-order valence-electron chi connectivity index (χ1n) is 4.12. The molecule has 2 bridgehead atoms. The molecule has 0 spiro atoms. The highest BCUT2D eigenvalue weighted by molar-refractivity contribution is 4.69. The topological polar surface area (TPSA) is 0 Å². The number of hydrogen-bond acceptors (Lipinski definition) is 0. The highest BCUT2D eigenvalue weighted by Gasteiger charge is 2.35. The largest absolute Gasteiger partial charge is 1.00 e. The van der Waals surface area contributed by atoms with Gasteiger partial charge in [-0.05, 0) is 25.2 Å². The second-order valence-electron chi connectivity index (χ2n) is 4.02. The highest BCUT2D eigenvalue weighted by Crippen LogP contribution is 2.31. The van der Waals surface area contributed by atoms with E-state index in [2.05, 4.69) is 7.05 Å². The van der Waals surface area contributed by atoms with Crippen molar-refractivity contribution in [1.29, 1.82) is 0 Å². The van der Waals surface area contributed by atoms with Crippen LogP contribution >= 0.6 is 0 Å². The van der Waals surface area contributed by atoms with Crippen molar-refractivity contribution in [2.24, 2.45) is 5.92 Å². The molecular formula is C8H16ClN. The first-order valence-corrected chi connectivity index (χ1v) is 4.12. The van der Waals surface area contributed by atoms with Gasteiger partial charge in [0.05, 0.1) is 26.7 Å². The highest BCUT2D eigenvalue weighted by atomic mass is 35.5. The molecule has 3 aliphatic heterocycles. The molecule has 3 heterocycles. The predicted octanol–water partition coefficient (Wildman–Crippen LogP) is -1.75. The van der Waals surface area contributed by atoms with E-state index in [0.29, 0.717) is 0 Å². The van der Waals surface area contributed by atoms with Crippen LogP contribution in [-0.4, -0.2) is 31.2 Å². The van der Waals surface area contributed by atoms with Gasteiger partial charge in [0.25, 0.3) is 0 Å². The zero-order chi connectivity index (χ0) is 6.32. The fourth-order valence-corrected chi connectivity index (χ4v) is 2.25. The summed E-state index contributed by atoms with van der Waals surface area (Å²) in [6.45, 7) is 4.39. The monoisotopic (exact) mass is 161 g/mol. The Bertz CT molecular complexity index is 103. The average Bonchev–Trinajstić information content (AvgIpc) is 1.90. The van der Waals surface area contributed by atoms with Gasteiger partial charge in [-0.3, -0.25) is 0 Å². The van der Waals surface area contributed by atoms with Crippen LogP contribution < -0.4 is 12.4 Å². The Balaban J connectivity index is 0.000000500. The Morgan fingerprint density at radius 2 is 1.40 bits per heavy atom. The van der Waals surface area contributed by atoms with Gasteiger partial charge in [-0.15, -0.1) is 0 Å². The zero-order valence-electron chi connectivity index (χ0n) is 6.65. The minimum Gasteiger partial charge on any atom is -1.00 e. The third-order valence-electron chi connectivity index (χ3n) is 3.23. The van der Waals surface area contributed by atoms with Crippen LogP contribution in [0.1, 0.15) is 19.3 Å². The lowest BCUT2D eigenvalue weighted by atomic mass is 9.86. The van der Waals surface area contributed by atoms with Gasteiger partial charge >= 0.3 is 0 Å². The fourth-order valence-electron chi connectivity index (χ4n) is 2.25. The number of hydrogen-bond donors (Lipinski definition) is 0. The first kappa shape index (κ1) is 8.35. The quantitative estimate of drug-likeness (QED) is 0.370. The van der Waals surface area contributed by atoms with Crippen LogP contribution in [0.5, 0.6) is 0 Å². The Labute approximate surface area is 69.4 Å². The smallest absolute Gasteiger partial charge is 0.0787 e. The molecule has 0 aliphatic carbocycles. The van der Waals surface area contributed by atoms with Crippen molar-refractivity contribution in [2.75, 3.05) is 26.7 Å². The van der Waals surface area contributed by atoms with Crippen LogP contribution in [0.2, 0.25) is 0 Å². The molecule has 0 N–H and O–H groups in total. The number of halogens is 1. The fraction of sp³-hybridized carbons (Fsp3) is 1.00. The van der Waals surface area contributed by atoms with E-state index in [0.717, 1.165) is 5.92 Å². The Kier molecular flexibility index (Phi) is 2.26. The van der Waals surface area contributed by atoms with Crippen LogP contribution in [-0.2, 0) is 0 Å². The minimum atomic E-state index is 0. The van der Waals surface area contributed by atoms with E-state index in [9.17, 15) is 0 Å². The molecule has 0 aromatic heterocycles. The van der Waals surface area contributed by atoms with Crippen LogP contribution in [0, 0.1) is 5.92 Å². The first-order chi connectivity index (χ1) is 4.29. The molecule has 0 aromatic rings. The average molecular weight is 162 g/mol. The van der Waals surface area contributed by atoms with Gasteiger partial charge in [0.2, 0.25) is 0 Å². The predicted molar refractivity (Wildman–Crippen MR) is 38.1 cm³/mol. The summed E-state index contributed by atoms with van der Waals surface area (Å²) in [7, 11) is 2.41. The normalized spacial score (nSPS) is 44.7. The number of nitrogens with zero attached hydrogens (tertiary/aromatic N) is 1. The summed E-state index contributed by atoms with van der Waals surface area (Å²) in [5.41, 5.74) is 0. The molecule has 3 rings (SSSR count). The number of rotatable bonds is 0. The Hall–Kier alpha value is 0.250. The summed E-state index contributed by atoms with van der Waals surface area (Å²) in [5.74, 6) is 1.12. The van der Waals surface area contributed by atoms with Gasteiger partial charge in [0, 0.05) is 0 Å². The molecule has 3 saturated heterocycles. The summed E-state index contributed by atoms with van der Waals surface area (Å²) in [6, 6.07) is 0. The lowest BCUT2D eigenvalue weighted by Gasteiger charge is -2.46. The van der Waals surface area contributed by atoms with Gasteiger partial charge < -0.3 is 16.9 Å². The van der Waals surface area contributed by atoms with Crippen LogP contribution in [0.3, 0.4) is 0 Å². The van der Waals surface area contributed by atoms with E-state index in [1.807, 2.05) is 0 Å². The van der Waals surface area contributed by atoms with Crippen molar-refractivity contribution in [2.45, 2.75) is 19.3 Å². The van der Waals surface area contributed by atoms with Crippen molar-refractivity contribution in [1.82, 2.24) is 0 Å². The number of piperidine rings is 3. The number of fused-ring (bicyclic) bond motifs is 3. The molecule has 3 aliphatic rings. The van der Waals surface area contributed by atoms with Gasteiger partial charge in [0.1, 0.15) is 0 Å². The van der Waals surface area contributed by atoms with Crippen molar-refractivity contribution < 1.29 is 16.9 Å². The Morgan fingerprint density at radius 3 is 1.60 bits per heavy atom. The third-order valence-corrected chi connectivity index (χ3v) is 3.23. The molecule has 1 nitrogen and oxygen atoms in total. The molecule has 0 saturated carbocycles. The summed E-state index contributed by atoms with van der Waals surface area (Å²) in [4.78, 5) is 0. The molecule has 0 amide bonds. The van der Waals surface area contributed by atoms with Crippen LogP contribution in [0.15, 0.2) is 0 Å². The maximum atomic E-state index is 2.41. The molecular weight excluding hydrogens is 146 g/mol. The van der Waals surface area contributed by atoms with Crippen molar-refractivity contribution in [3.05, 3.63) is 0 Å². The Morgan fingerprint density at radius 1 is 1.00 bits per heavy atom. The second kappa shape index (κ2) is 2.71. The maximum Gasteiger partial charge on any atom is 0.0787 e. The summed E-state index contributed by atoms with van der Waals surface area (Å²) in [6.07, 6.45) is 4.53. The van der Waals surface area contributed by atoms with E-state index < -0.39 is 0 Å².